The topological polar surface area (TPSA) is 47.1 Å². The van der Waals surface area contributed by atoms with Gasteiger partial charge in [0.2, 0.25) is 0 Å². The highest BCUT2D eigenvalue weighted by atomic mass is 15.3. The van der Waals surface area contributed by atoms with E-state index in [2.05, 4.69) is 30.8 Å². The summed E-state index contributed by atoms with van der Waals surface area (Å²) in [7, 11) is 1.98. The van der Waals surface area contributed by atoms with Crippen molar-refractivity contribution < 1.29 is 0 Å². The van der Waals surface area contributed by atoms with Gasteiger partial charge in [0.05, 0.1) is 12.2 Å². The predicted molar refractivity (Wildman–Crippen MR) is 71.9 cm³/mol. The smallest absolute Gasteiger partial charge is 0.0540 e. The van der Waals surface area contributed by atoms with Gasteiger partial charge in [-0.2, -0.15) is 5.10 Å². The maximum atomic E-state index is 5.97. The zero-order valence-electron chi connectivity index (χ0n) is 11.6. The molecule has 0 bridgehead atoms. The number of hydrogen-bond donors (Lipinski definition) is 1. The summed E-state index contributed by atoms with van der Waals surface area (Å²) in [6.45, 7) is 9.40. The van der Waals surface area contributed by atoms with E-state index in [0.29, 0.717) is 12.6 Å². The molecule has 1 aromatic rings. The normalized spacial score (nSPS) is 13.3. The molecule has 0 saturated carbocycles. The van der Waals surface area contributed by atoms with E-state index < -0.39 is 0 Å². The van der Waals surface area contributed by atoms with Crippen molar-refractivity contribution in [2.75, 3.05) is 19.6 Å². The molecule has 1 rings (SSSR count). The molecule has 0 saturated heterocycles. The zero-order valence-corrected chi connectivity index (χ0v) is 11.6. The maximum Gasteiger partial charge on any atom is 0.0540 e. The molecule has 1 unspecified atom stereocenters. The van der Waals surface area contributed by atoms with Crippen molar-refractivity contribution in [1.29, 1.82) is 0 Å². The van der Waals surface area contributed by atoms with Gasteiger partial charge in [-0.15, -0.1) is 0 Å². The van der Waals surface area contributed by atoms with Crippen LogP contribution in [0.5, 0.6) is 0 Å². The van der Waals surface area contributed by atoms with Crippen molar-refractivity contribution >= 4 is 0 Å². The van der Waals surface area contributed by atoms with Gasteiger partial charge in [-0.1, -0.05) is 13.8 Å². The van der Waals surface area contributed by atoms with Gasteiger partial charge >= 0.3 is 0 Å². The summed E-state index contributed by atoms with van der Waals surface area (Å²) in [4.78, 5) is 2.48. The first kappa shape index (κ1) is 14.2. The van der Waals surface area contributed by atoms with E-state index >= 15 is 0 Å². The standard InChI is InChI=1S/C13H26N4/c1-5-7-17(8-6-2)13(9-14)12-10-15-16(4)11(12)3/h10,13H,5-9,14H2,1-4H3. The summed E-state index contributed by atoms with van der Waals surface area (Å²) in [6.07, 6.45) is 4.29. The Morgan fingerprint density at radius 1 is 1.35 bits per heavy atom. The van der Waals surface area contributed by atoms with E-state index in [-0.39, 0.29) is 0 Å². The van der Waals surface area contributed by atoms with Gasteiger partial charge < -0.3 is 5.73 Å². The fourth-order valence-electron chi connectivity index (χ4n) is 2.31. The molecule has 1 aromatic heterocycles. The highest BCUT2D eigenvalue weighted by molar-refractivity contribution is 5.21. The number of nitrogens with two attached hydrogens (primary N) is 1. The average molecular weight is 238 g/mol. The van der Waals surface area contributed by atoms with Crippen molar-refractivity contribution in [2.45, 2.75) is 39.7 Å². The van der Waals surface area contributed by atoms with Gasteiger partial charge in [0.25, 0.3) is 0 Å². The molecule has 17 heavy (non-hydrogen) atoms. The van der Waals surface area contributed by atoms with Gasteiger partial charge in [0.1, 0.15) is 0 Å². The SMILES string of the molecule is CCCN(CCC)C(CN)c1cnn(C)c1C. The van der Waals surface area contributed by atoms with E-state index in [1.165, 1.54) is 11.3 Å². The van der Waals surface area contributed by atoms with Crippen molar-refractivity contribution in [1.82, 2.24) is 14.7 Å². The molecule has 1 atom stereocenters. The van der Waals surface area contributed by atoms with Crippen LogP contribution in [0.3, 0.4) is 0 Å². The Morgan fingerprint density at radius 2 is 1.94 bits per heavy atom. The first-order valence-electron chi connectivity index (χ1n) is 6.58. The second-order valence-corrected chi connectivity index (χ2v) is 4.60. The third-order valence-corrected chi connectivity index (χ3v) is 3.32. The lowest BCUT2D eigenvalue weighted by Crippen LogP contribution is -2.35. The largest absolute Gasteiger partial charge is 0.329 e. The highest BCUT2D eigenvalue weighted by Gasteiger charge is 2.21. The van der Waals surface area contributed by atoms with Crippen LogP contribution in [0.4, 0.5) is 0 Å². The molecule has 98 valence electrons. The molecule has 0 fully saturated rings. The predicted octanol–water partition coefficient (Wildman–Crippen LogP) is 1.85. The van der Waals surface area contributed by atoms with Gasteiger partial charge in [0, 0.05) is 24.8 Å². The Balaban J connectivity index is 2.91. The van der Waals surface area contributed by atoms with Crippen LogP contribution in [-0.2, 0) is 7.05 Å². The Hall–Kier alpha value is -0.870. The lowest BCUT2D eigenvalue weighted by molar-refractivity contribution is 0.201. The van der Waals surface area contributed by atoms with Gasteiger partial charge in [-0.25, -0.2) is 0 Å². The lowest BCUT2D eigenvalue weighted by Gasteiger charge is -2.30. The minimum Gasteiger partial charge on any atom is -0.329 e. The summed E-state index contributed by atoms with van der Waals surface area (Å²) in [5, 5.41) is 4.32. The summed E-state index contributed by atoms with van der Waals surface area (Å²) >= 11 is 0. The minimum atomic E-state index is 0.309. The van der Waals surface area contributed by atoms with Crippen molar-refractivity contribution in [2.24, 2.45) is 12.8 Å². The summed E-state index contributed by atoms with van der Waals surface area (Å²) in [5.74, 6) is 0. The van der Waals surface area contributed by atoms with Crippen LogP contribution in [0.1, 0.15) is 44.0 Å². The molecule has 0 spiro atoms. The maximum absolute atomic E-state index is 5.97. The van der Waals surface area contributed by atoms with Crippen LogP contribution < -0.4 is 5.73 Å². The Bertz CT molecular complexity index is 326. The number of hydrogen-bond acceptors (Lipinski definition) is 3. The minimum absolute atomic E-state index is 0.309. The van der Waals surface area contributed by atoms with Gasteiger partial charge in [0.15, 0.2) is 0 Å². The molecular weight excluding hydrogens is 212 g/mol. The molecular formula is C13H26N4. The summed E-state index contributed by atoms with van der Waals surface area (Å²) in [6, 6.07) is 0.309. The Kier molecular flexibility index (Phi) is 5.65. The van der Waals surface area contributed by atoms with E-state index in [9.17, 15) is 0 Å². The van der Waals surface area contributed by atoms with E-state index in [0.717, 1.165) is 25.9 Å². The van der Waals surface area contributed by atoms with Crippen molar-refractivity contribution in [3.63, 3.8) is 0 Å². The van der Waals surface area contributed by atoms with E-state index in [4.69, 9.17) is 5.73 Å². The molecule has 1 heterocycles. The molecule has 0 radical (unpaired) electrons. The second-order valence-electron chi connectivity index (χ2n) is 4.60. The highest BCUT2D eigenvalue weighted by Crippen LogP contribution is 2.22. The quantitative estimate of drug-likeness (QED) is 0.788. The lowest BCUT2D eigenvalue weighted by atomic mass is 10.1. The van der Waals surface area contributed by atoms with Crippen LogP contribution in [0.25, 0.3) is 0 Å². The monoisotopic (exact) mass is 238 g/mol. The summed E-state index contributed by atoms with van der Waals surface area (Å²) in [5.41, 5.74) is 8.46. The third kappa shape index (κ3) is 3.30. The van der Waals surface area contributed by atoms with Crippen LogP contribution in [0, 0.1) is 6.92 Å². The number of aromatic nitrogens is 2. The molecule has 0 aliphatic carbocycles. The first-order chi connectivity index (χ1) is 8.15. The average Bonchev–Trinajstić information content (AvgIpc) is 2.63. The molecule has 0 aromatic carbocycles. The number of aryl methyl sites for hydroxylation is 1. The van der Waals surface area contributed by atoms with Crippen LogP contribution >= 0.6 is 0 Å². The van der Waals surface area contributed by atoms with Crippen molar-refractivity contribution in [3.8, 4) is 0 Å². The molecule has 0 aliphatic heterocycles. The van der Waals surface area contributed by atoms with E-state index in [1.54, 1.807) is 0 Å². The molecule has 0 aliphatic rings. The Labute approximate surface area is 105 Å². The van der Waals surface area contributed by atoms with Gasteiger partial charge in [-0.3, -0.25) is 9.58 Å². The molecule has 4 heteroatoms. The number of nitrogens with zero attached hydrogens (tertiary/aromatic N) is 3. The van der Waals surface area contributed by atoms with Crippen LogP contribution in [0.15, 0.2) is 6.20 Å². The first-order valence-corrected chi connectivity index (χ1v) is 6.58. The second kappa shape index (κ2) is 6.77. The van der Waals surface area contributed by atoms with E-state index in [1.807, 2.05) is 17.9 Å². The Morgan fingerprint density at radius 3 is 2.29 bits per heavy atom. The van der Waals surface area contributed by atoms with Crippen LogP contribution in [0.2, 0.25) is 0 Å². The summed E-state index contributed by atoms with van der Waals surface area (Å²) < 4.78 is 1.92. The third-order valence-electron chi connectivity index (χ3n) is 3.32. The molecule has 4 nitrogen and oxygen atoms in total. The fraction of sp³-hybridized carbons (Fsp3) is 0.769. The molecule has 0 amide bonds. The fourth-order valence-corrected chi connectivity index (χ4v) is 2.31. The van der Waals surface area contributed by atoms with Crippen molar-refractivity contribution in [3.05, 3.63) is 17.5 Å². The van der Waals surface area contributed by atoms with Crippen LogP contribution in [-0.4, -0.2) is 34.3 Å². The van der Waals surface area contributed by atoms with Gasteiger partial charge in [-0.05, 0) is 32.9 Å². The zero-order chi connectivity index (χ0) is 12.8. The molecule has 2 N–H and O–H groups in total. The number of rotatable bonds is 7.